The molecule has 1 N–H and O–H groups in total. The molecule has 4 nitrogen and oxygen atoms in total. The van der Waals surface area contributed by atoms with Gasteiger partial charge in [-0.05, 0) is 66.1 Å². The Morgan fingerprint density at radius 1 is 0.569 bits per heavy atom. The summed E-state index contributed by atoms with van der Waals surface area (Å²) in [5.41, 5.74) is 11.3. The topological polar surface area (TPSA) is 34.2 Å². The maximum absolute atomic E-state index is 4.85. The maximum atomic E-state index is 4.85. The average molecular weight is 661 g/mol. The van der Waals surface area contributed by atoms with Gasteiger partial charge in [0.25, 0.3) is 0 Å². The van der Waals surface area contributed by atoms with Crippen LogP contribution in [0.5, 0.6) is 0 Å². The molecule has 51 heavy (non-hydrogen) atoms. The van der Waals surface area contributed by atoms with Gasteiger partial charge in [0.2, 0.25) is 0 Å². The summed E-state index contributed by atoms with van der Waals surface area (Å²) in [6.45, 7) is 3.59. The summed E-state index contributed by atoms with van der Waals surface area (Å²) in [6.07, 6.45) is 6.84. The van der Waals surface area contributed by atoms with Crippen molar-refractivity contribution in [3.05, 3.63) is 193 Å². The number of benzene rings is 6. The summed E-state index contributed by atoms with van der Waals surface area (Å²) >= 11 is 0. The number of fused-ring (bicyclic) bond motifs is 6. The number of nitrogens with one attached hydrogen (secondary N) is 1. The number of hydrogen-bond donors (Lipinski definition) is 1. The molecule has 0 aliphatic heterocycles. The van der Waals surface area contributed by atoms with Crippen LogP contribution < -0.4 is 5.32 Å². The van der Waals surface area contributed by atoms with Crippen LogP contribution in [0, 0.1) is 0 Å². The summed E-state index contributed by atoms with van der Waals surface area (Å²) in [4.78, 5) is 4.85. The highest BCUT2D eigenvalue weighted by Gasteiger charge is 2.15. The largest absolute Gasteiger partial charge is 0.380 e. The third-order valence-electron chi connectivity index (χ3n) is 9.70. The van der Waals surface area contributed by atoms with E-state index in [9.17, 15) is 0 Å². The predicted octanol–water partition coefficient (Wildman–Crippen LogP) is 11.3. The van der Waals surface area contributed by atoms with E-state index in [2.05, 4.69) is 197 Å². The zero-order valence-corrected chi connectivity index (χ0v) is 29.0. The first kappa shape index (κ1) is 31.9. The van der Waals surface area contributed by atoms with Crippen molar-refractivity contribution >= 4 is 60.7 Å². The summed E-state index contributed by atoms with van der Waals surface area (Å²) < 4.78 is 4.84. The molecule has 0 fully saturated rings. The number of aliphatic imine (C=N–C) groups is 1. The number of rotatable bonds is 10. The third kappa shape index (κ3) is 6.28. The van der Waals surface area contributed by atoms with Crippen LogP contribution in [0.3, 0.4) is 0 Å². The van der Waals surface area contributed by atoms with Gasteiger partial charge < -0.3 is 14.5 Å². The molecule has 8 rings (SSSR count). The molecule has 6 aromatic carbocycles. The van der Waals surface area contributed by atoms with Crippen LogP contribution in [0.4, 0.5) is 0 Å². The van der Waals surface area contributed by atoms with Crippen LogP contribution in [-0.2, 0) is 13.1 Å². The van der Waals surface area contributed by atoms with E-state index < -0.39 is 0 Å². The first-order chi connectivity index (χ1) is 25.2. The Morgan fingerprint density at radius 3 is 1.59 bits per heavy atom. The van der Waals surface area contributed by atoms with Gasteiger partial charge in [-0.3, -0.25) is 4.99 Å². The van der Waals surface area contributed by atoms with Crippen molar-refractivity contribution in [3.63, 3.8) is 0 Å². The Balaban J connectivity index is 1.27. The van der Waals surface area contributed by atoms with E-state index >= 15 is 0 Å². The van der Waals surface area contributed by atoms with E-state index in [4.69, 9.17) is 4.99 Å². The average Bonchev–Trinajstić information content (AvgIpc) is 3.70. The monoisotopic (exact) mass is 660 g/mol. The van der Waals surface area contributed by atoms with Crippen molar-refractivity contribution in [2.24, 2.45) is 4.99 Å². The van der Waals surface area contributed by atoms with Gasteiger partial charge in [-0.15, -0.1) is 0 Å². The fourth-order valence-electron chi connectivity index (χ4n) is 7.23. The fraction of sp³-hybridized carbons (Fsp3) is 0.0851. The van der Waals surface area contributed by atoms with E-state index in [0.717, 1.165) is 28.2 Å². The summed E-state index contributed by atoms with van der Waals surface area (Å²) in [7, 11) is 1.88. The highest BCUT2D eigenvalue weighted by Crippen LogP contribution is 2.34. The van der Waals surface area contributed by atoms with E-state index in [0.29, 0.717) is 13.1 Å². The van der Waals surface area contributed by atoms with Gasteiger partial charge in [0, 0.05) is 64.1 Å². The quantitative estimate of drug-likeness (QED) is 0.115. The highest BCUT2D eigenvalue weighted by molar-refractivity contribution is 6.14. The minimum atomic E-state index is 0.705. The number of aromatic nitrogens is 2. The molecule has 0 unspecified atom stereocenters. The zero-order valence-electron chi connectivity index (χ0n) is 29.0. The zero-order chi connectivity index (χ0) is 34.6. The number of allylic oxidation sites excluding steroid dienone is 5. The summed E-state index contributed by atoms with van der Waals surface area (Å²) in [5, 5.41) is 8.73. The van der Waals surface area contributed by atoms with Gasteiger partial charge in [0.1, 0.15) is 0 Å². The van der Waals surface area contributed by atoms with Crippen LogP contribution in [0.2, 0.25) is 0 Å². The second-order valence-electron chi connectivity index (χ2n) is 12.8. The smallest absolute Gasteiger partial charge is 0.0621 e. The lowest BCUT2D eigenvalue weighted by atomic mass is 10.1. The van der Waals surface area contributed by atoms with Crippen LogP contribution in [0.1, 0.15) is 18.1 Å². The second kappa shape index (κ2) is 14.2. The molecule has 0 radical (unpaired) electrons. The molecular formula is C47H40N4. The minimum Gasteiger partial charge on any atom is -0.380 e. The first-order valence-electron chi connectivity index (χ1n) is 17.5. The molecule has 248 valence electrons. The Hall–Kier alpha value is -6.39. The van der Waals surface area contributed by atoms with E-state index in [1.165, 1.54) is 49.2 Å². The highest BCUT2D eigenvalue weighted by atomic mass is 15.0. The van der Waals surface area contributed by atoms with Crippen molar-refractivity contribution in [2.45, 2.75) is 20.0 Å². The van der Waals surface area contributed by atoms with Gasteiger partial charge in [0.15, 0.2) is 0 Å². The number of nitrogens with zero attached hydrogens (tertiary/aromatic N) is 3. The molecule has 0 atom stereocenters. The van der Waals surface area contributed by atoms with Crippen molar-refractivity contribution in [1.29, 1.82) is 0 Å². The van der Waals surface area contributed by atoms with Gasteiger partial charge in [-0.2, -0.15) is 0 Å². The normalized spacial score (nSPS) is 13.1. The molecular weight excluding hydrogens is 621 g/mol. The molecule has 0 amide bonds. The number of para-hydroxylation sites is 4. The van der Waals surface area contributed by atoms with Crippen molar-refractivity contribution < 1.29 is 0 Å². The molecule has 8 aromatic rings. The molecule has 4 heteroatoms. The van der Waals surface area contributed by atoms with Gasteiger partial charge >= 0.3 is 0 Å². The van der Waals surface area contributed by atoms with Crippen molar-refractivity contribution in [2.75, 3.05) is 7.05 Å². The van der Waals surface area contributed by atoms with Crippen molar-refractivity contribution in [1.82, 2.24) is 14.5 Å². The van der Waals surface area contributed by atoms with Crippen LogP contribution in [0.25, 0.3) is 55.0 Å². The lowest BCUT2D eigenvalue weighted by Gasteiger charge is -2.15. The Labute approximate surface area is 299 Å². The predicted molar refractivity (Wildman–Crippen MR) is 218 cm³/mol. The SMILES string of the molecule is CN=C(C=C(NCc1ccccc1)c1ccccc1)/C(C)=C/C(=C\Cn1c2ccccc2c2ccccc21)n1c2ccccc2c2ccccc21. The molecule has 0 bridgehead atoms. The van der Waals surface area contributed by atoms with Crippen LogP contribution >= 0.6 is 0 Å². The van der Waals surface area contributed by atoms with Crippen molar-refractivity contribution in [3.8, 4) is 0 Å². The van der Waals surface area contributed by atoms with Crippen LogP contribution in [0.15, 0.2) is 187 Å². The Morgan fingerprint density at radius 2 is 1.04 bits per heavy atom. The molecule has 2 heterocycles. The standard InChI is InChI=1S/C47H40N4/c1-34(42(48-2)32-43(36-19-7-4-8-20-36)49-33-35-17-5-3-6-18-35)31-37(51-46-27-15-11-23-40(46)41-24-12-16-28-47(41)51)29-30-50-44-25-13-9-21-38(44)39-22-10-14-26-45(39)50/h3-29,31-32,49H,30,33H2,1-2H3/b34-31+,37-29+,43-32?,48-42?. The number of hydrogen-bond acceptors (Lipinski definition) is 2. The second-order valence-corrected chi connectivity index (χ2v) is 12.8. The fourth-order valence-corrected chi connectivity index (χ4v) is 7.23. The van der Waals surface area contributed by atoms with E-state index in [1.807, 2.05) is 7.05 Å². The van der Waals surface area contributed by atoms with Gasteiger partial charge in [-0.1, -0.05) is 133 Å². The minimum absolute atomic E-state index is 0.705. The molecule has 2 aromatic heterocycles. The van der Waals surface area contributed by atoms with E-state index in [-0.39, 0.29) is 0 Å². The third-order valence-corrected chi connectivity index (χ3v) is 9.70. The molecule has 0 saturated heterocycles. The molecule has 0 aliphatic carbocycles. The summed E-state index contributed by atoms with van der Waals surface area (Å²) in [5.74, 6) is 0. The molecule has 0 saturated carbocycles. The molecule has 0 aliphatic rings. The lowest BCUT2D eigenvalue weighted by molar-refractivity contribution is 0.890. The summed E-state index contributed by atoms with van der Waals surface area (Å²) in [6, 6.07) is 55.8. The maximum Gasteiger partial charge on any atom is 0.0621 e. The van der Waals surface area contributed by atoms with Crippen LogP contribution in [-0.4, -0.2) is 21.9 Å². The Bertz CT molecular complexity index is 2510. The Kier molecular flexibility index (Phi) is 8.88. The van der Waals surface area contributed by atoms with E-state index in [1.54, 1.807) is 0 Å². The molecule has 0 spiro atoms. The first-order valence-corrected chi connectivity index (χ1v) is 17.5. The van der Waals surface area contributed by atoms with Gasteiger partial charge in [0.05, 0.1) is 16.7 Å². The lowest BCUT2D eigenvalue weighted by Crippen LogP contribution is -2.14. The van der Waals surface area contributed by atoms with Gasteiger partial charge in [-0.25, -0.2) is 0 Å².